The van der Waals surface area contributed by atoms with Crippen molar-refractivity contribution in [2.24, 2.45) is 0 Å². The molecule has 0 aliphatic carbocycles. The van der Waals surface area contributed by atoms with Gasteiger partial charge in [0, 0.05) is 19.8 Å². The van der Waals surface area contributed by atoms with Crippen molar-refractivity contribution in [3.8, 4) is 0 Å². The molecular formula is C8H13N3O. The molecule has 1 rings (SSSR count). The monoisotopic (exact) mass is 167 g/mol. The van der Waals surface area contributed by atoms with Crippen LogP contribution >= 0.6 is 0 Å². The molecule has 0 aromatic carbocycles. The number of likely N-dealkylation sites (N-methyl/N-ethyl adjacent to an activating group) is 1. The summed E-state index contributed by atoms with van der Waals surface area (Å²) in [6.07, 6.45) is 2.83. The normalized spacial score (nSPS) is 12.6. The number of aliphatic hydroxyl groups is 1. The molecule has 1 aromatic heterocycles. The maximum Gasteiger partial charge on any atom is 0.131 e. The molecule has 1 heterocycles. The predicted octanol–water partition coefficient (Wildman–Crippen LogP) is 0.294. The molecule has 0 saturated heterocycles. The van der Waals surface area contributed by atoms with Crippen molar-refractivity contribution >= 4 is 5.82 Å². The topological polar surface area (TPSA) is 49.2 Å². The molecule has 66 valence electrons. The fraction of sp³-hybridized carbons (Fsp3) is 0.500. The van der Waals surface area contributed by atoms with Crippen LogP contribution in [0.1, 0.15) is 6.92 Å². The van der Waals surface area contributed by atoms with Gasteiger partial charge in [0.1, 0.15) is 12.1 Å². The first-order valence-corrected chi connectivity index (χ1v) is 3.85. The first-order chi connectivity index (χ1) is 5.70. The molecule has 0 aliphatic heterocycles. The van der Waals surface area contributed by atoms with Gasteiger partial charge in [-0.25, -0.2) is 9.97 Å². The van der Waals surface area contributed by atoms with E-state index in [9.17, 15) is 0 Å². The molecule has 1 N–H and O–H groups in total. The minimum Gasteiger partial charge on any atom is -0.392 e. The van der Waals surface area contributed by atoms with Crippen LogP contribution in [0.5, 0.6) is 0 Å². The molecule has 4 nitrogen and oxygen atoms in total. The van der Waals surface area contributed by atoms with Crippen molar-refractivity contribution in [3.63, 3.8) is 0 Å². The Hall–Kier alpha value is -1.16. The molecule has 4 heteroatoms. The predicted molar refractivity (Wildman–Crippen MR) is 47.0 cm³/mol. The van der Waals surface area contributed by atoms with Crippen molar-refractivity contribution in [2.75, 3.05) is 18.5 Å². The minimum absolute atomic E-state index is 0.343. The number of aliphatic hydroxyl groups excluding tert-OH is 1. The molecule has 0 radical (unpaired) electrons. The van der Waals surface area contributed by atoms with Gasteiger partial charge in [-0.05, 0) is 13.0 Å². The quantitative estimate of drug-likeness (QED) is 0.703. The first-order valence-electron chi connectivity index (χ1n) is 3.85. The van der Waals surface area contributed by atoms with E-state index in [0.717, 1.165) is 5.82 Å². The van der Waals surface area contributed by atoms with Gasteiger partial charge in [-0.2, -0.15) is 0 Å². The summed E-state index contributed by atoms with van der Waals surface area (Å²) >= 11 is 0. The van der Waals surface area contributed by atoms with Crippen LogP contribution in [0.2, 0.25) is 0 Å². The molecular weight excluding hydrogens is 154 g/mol. The molecule has 0 spiro atoms. The van der Waals surface area contributed by atoms with E-state index in [-0.39, 0.29) is 6.10 Å². The van der Waals surface area contributed by atoms with Crippen LogP contribution in [0, 0.1) is 0 Å². The van der Waals surface area contributed by atoms with E-state index in [2.05, 4.69) is 9.97 Å². The Morgan fingerprint density at radius 1 is 1.67 bits per heavy atom. The van der Waals surface area contributed by atoms with Crippen molar-refractivity contribution in [2.45, 2.75) is 13.0 Å². The summed E-state index contributed by atoms with van der Waals surface area (Å²) in [6, 6.07) is 1.81. The van der Waals surface area contributed by atoms with Crippen molar-refractivity contribution < 1.29 is 5.11 Å². The molecule has 0 amide bonds. The van der Waals surface area contributed by atoms with Gasteiger partial charge in [-0.3, -0.25) is 0 Å². The molecule has 1 aromatic rings. The summed E-state index contributed by atoms with van der Waals surface area (Å²) in [6.45, 7) is 2.33. The summed E-state index contributed by atoms with van der Waals surface area (Å²) in [4.78, 5) is 9.72. The van der Waals surface area contributed by atoms with Crippen LogP contribution in [0.4, 0.5) is 5.82 Å². The lowest BCUT2D eigenvalue weighted by molar-refractivity contribution is 0.201. The third-order valence-corrected chi connectivity index (χ3v) is 1.50. The van der Waals surface area contributed by atoms with Crippen molar-refractivity contribution in [1.29, 1.82) is 0 Å². The lowest BCUT2D eigenvalue weighted by Gasteiger charge is -2.18. The fourth-order valence-corrected chi connectivity index (χ4v) is 0.999. The average molecular weight is 167 g/mol. The highest BCUT2D eigenvalue weighted by Gasteiger charge is 2.03. The molecule has 1 unspecified atom stereocenters. The highest BCUT2D eigenvalue weighted by atomic mass is 16.3. The standard InChI is InChI=1S/C8H13N3O/c1-7(12)5-11(2)8-3-4-9-6-10-8/h3-4,6-7,12H,5H2,1-2H3. The molecule has 1 atom stereocenters. The Morgan fingerprint density at radius 2 is 2.42 bits per heavy atom. The summed E-state index contributed by atoms with van der Waals surface area (Å²) in [5.74, 6) is 0.825. The van der Waals surface area contributed by atoms with Gasteiger partial charge in [0.2, 0.25) is 0 Å². The zero-order chi connectivity index (χ0) is 8.97. The van der Waals surface area contributed by atoms with E-state index in [4.69, 9.17) is 5.11 Å². The number of rotatable bonds is 3. The van der Waals surface area contributed by atoms with Crippen LogP contribution < -0.4 is 4.90 Å². The number of anilines is 1. The highest BCUT2D eigenvalue weighted by Crippen LogP contribution is 2.05. The van der Waals surface area contributed by atoms with Gasteiger partial charge in [0.25, 0.3) is 0 Å². The maximum atomic E-state index is 9.10. The number of nitrogens with zero attached hydrogens (tertiary/aromatic N) is 3. The van der Waals surface area contributed by atoms with Gasteiger partial charge in [-0.15, -0.1) is 0 Å². The minimum atomic E-state index is -0.343. The Kier molecular flexibility index (Phi) is 2.99. The van der Waals surface area contributed by atoms with Gasteiger partial charge in [0.15, 0.2) is 0 Å². The van der Waals surface area contributed by atoms with E-state index in [1.165, 1.54) is 6.33 Å². The van der Waals surface area contributed by atoms with E-state index < -0.39 is 0 Å². The third kappa shape index (κ3) is 2.47. The largest absolute Gasteiger partial charge is 0.392 e. The SMILES string of the molecule is CC(O)CN(C)c1ccncn1. The number of aromatic nitrogens is 2. The Balaban J connectivity index is 2.59. The Morgan fingerprint density at radius 3 is 2.92 bits per heavy atom. The number of hydrogen-bond donors (Lipinski definition) is 1. The summed E-state index contributed by atoms with van der Waals surface area (Å²) in [7, 11) is 1.88. The molecule has 0 aliphatic rings. The van der Waals surface area contributed by atoms with E-state index in [1.54, 1.807) is 13.1 Å². The van der Waals surface area contributed by atoms with Crippen LogP contribution in [0.3, 0.4) is 0 Å². The third-order valence-electron chi connectivity index (χ3n) is 1.50. The van der Waals surface area contributed by atoms with E-state index in [1.807, 2.05) is 18.0 Å². The summed E-state index contributed by atoms with van der Waals surface area (Å²) in [5.41, 5.74) is 0. The van der Waals surface area contributed by atoms with E-state index >= 15 is 0 Å². The van der Waals surface area contributed by atoms with Crippen molar-refractivity contribution in [3.05, 3.63) is 18.6 Å². The first kappa shape index (κ1) is 8.93. The lowest BCUT2D eigenvalue weighted by atomic mass is 10.4. The number of hydrogen-bond acceptors (Lipinski definition) is 4. The van der Waals surface area contributed by atoms with Crippen LogP contribution in [-0.4, -0.2) is 34.8 Å². The smallest absolute Gasteiger partial charge is 0.131 e. The van der Waals surface area contributed by atoms with Gasteiger partial charge in [0.05, 0.1) is 6.10 Å². The fourth-order valence-electron chi connectivity index (χ4n) is 0.999. The lowest BCUT2D eigenvalue weighted by Crippen LogP contribution is -2.27. The molecule has 12 heavy (non-hydrogen) atoms. The van der Waals surface area contributed by atoms with E-state index in [0.29, 0.717) is 6.54 Å². The highest BCUT2D eigenvalue weighted by molar-refractivity contribution is 5.34. The van der Waals surface area contributed by atoms with Gasteiger partial charge in [-0.1, -0.05) is 0 Å². The van der Waals surface area contributed by atoms with Crippen LogP contribution in [-0.2, 0) is 0 Å². The second-order valence-electron chi connectivity index (χ2n) is 2.80. The van der Waals surface area contributed by atoms with Gasteiger partial charge < -0.3 is 10.0 Å². The second kappa shape index (κ2) is 4.01. The van der Waals surface area contributed by atoms with Gasteiger partial charge >= 0.3 is 0 Å². The molecule has 0 bridgehead atoms. The Labute approximate surface area is 71.9 Å². The zero-order valence-corrected chi connectivity index (χ0v) is 7.31. The molecule has 0 fully saturated rings. The average Bonchev–Trinajstić information content (AvgIpc) is 2.05. The van der Waals surface area contributed by atoms with Crippen molar-refractivity contribution in [1.82, 2.24) is 9.97 Å². The Bertz CT molecular complexity index is 225. The molecule has 0 saturated carbocycles. The summed E-state index contributed by atoms with van der Waals surface area (Å²) in [5, 5.41) is 9.10. The maximum absolute atomic E-state index is 9.10. The summed E-state index contributed by atoms with van der Waals surface area (Å²) < 4.78 is 0. The van der Waals surface area contributed by atoms with Crippen LogP contribution in [0.25, 0.3) is 0 Å². The second-order valence-corrected chi connectivity index (χ2v) is 2.80. The van der Waals surface area contributed by atoms with Crippen LogP contribution in [0.15, 0.2) is 18.6 Å². The zero-order valence-electron chi connectivity index (χ0n) is 7.31.